The Morgan fingerprint density at radius 1 is 1.19 bits per heavy atom. The molecule has 3 aliphatic rings. The first-order chi connectivity index (χ1) is 20.2. The molecule has 1 fully saturated rings. The average molecular weight is 595 g/mol. The summed E-state index contributed by atoms with van der Waals surface area (Å²) in [5.74, 6) is -6.69. The molecule has 2 unspecified atom stereocenters. The number of benzene rings is 1. The summed E-state index contributed by atoms with van der Waals surface area (Å²) in [5, 5.41) is 48.5. The molecule has 0 bridgehead atoms. The van der Waals surface area contributed by atoms with Gasteiger partial charge in [-0.15, -0.1) is 0 Å². The third kappa shape index (κ3) is 4.49. The van der Waals surface area contributed by atoms with Crippen molar-refractivity contribution in [2.45, 2.75) is 31.0 Å². The summed E-state index contributed by atoms with van der Waals surface area (Å²) in [7, 11) is 6.67. The maximum Gasteiger partial charge on any atom is 0.255 e. The Bertz CT molecular complexity index is 1620. The van der Waals surface area contributed by atoms with Crippen LogP contribution >= 0.6 is 0 Å². The molecule has 0 spiro atoms. The topological polar surface area (TPSA) is 228 Å². The van der Waals surface area contributed by atoms with E-state index in [-0.39, 0.29) is 47.8 Å². The van der Waals surface area contributed by atoms with Gasteiger partial charge in [0.25, 0.3) is 5.91 Å². The van der Waals surface area contributed by atoms with Crippen molar-refractivity contribution in [3.05, 3.63) is 58.1 Å². The smallest absolute Gasteiger partial charge is 0.255 e. The normalized spacial score (nSPS) is 25.4. The number of aliphatic imine (C=N–C) groups is 1. The van der Waals surface area contributed by atoms with Crippen LogP contribution in [-0.4, -0.2) is 88.6 Å². The van der Waals surface area contributed by atoms with E-state index in [4.69, 9.17) is 15.9 Å². The van der Waals surface area contributed by atoms with Gasteiger partial charge in [-0.05, 0) is 50.6 Å². The molecule has 14 heteroatoms. The second-order valence-corrected chi connectivity index (χ2v) is 11.4. The van der Waals surface area contributed by atoms with E-state index in [0.717, 1.165) is 0 Å². The lowest BCUT2D eigenvalue weighted by Crippen LogP contribution is -2.65. The van der Waals surface area contributed by atoms with Gasteiger partial charge in [0.05, 0.1) is 24.4 Å². The number of aromatic hydroxyl groups is 1. The van der Waals surface area contributed by atoms with Crippen LogP contribution in [0, 0.1) is 11.8 Å². The number of carbonyl (C=O) groups is 3. The van der Waals surface area contributed by atoms with Crippen LogP contribution in [0.4, 0.5) is 11.6 Å². The number of aliphatic hydroxyl groups excluding tert-OH is 2. The van der Waals surface area contributed by atoms with Crippen LogP contribution in [0.15, 0.2) is 50.8 Å². The highest BCUT2D eigenvalue weighted by Gasteiger charge is 2.64. The predicted molar refractivity (Wildman–Crippen MR) is 156 cm³/mol. The standard InChI is InChI=1S/C29H34N6O8/c1-34(2)16-10-13(11-32-28(31)33-17-6-5-7-43-17)22(36)19-14(16)8-12-9-15-21(35(3)4)24(38)20(27(30)41)26(40)29(15,42)25(39)18(12)23(19)37/h5-7,10,12,15,21,36-37,40,42H,8-9,11H2,1-4H3,(H2,30,41)(H3,31,32,33)/t12?,15?,21-,29-/m0/s1. The summed E-state index contributed by atoms with van der Waals surface area (Å²) in [5.41, 5.74) is 8.98. The molecule has 0 saturated heterocycles. The zero-order chi connectivity index (χ0) is 31.5. The Hall–Kier alpha value is -4.82. The van der Waals surface area contributed by atoms with E-state index < -0.39 is 58.0 Å². The zero-order valence-corrected chi connectivity index (χ0v) is 24.1. The lowest BCUT2D eigenvalue weighted by atomic mass is 9.57. The fourth-order valence-electron chi connectivity index (χ4n) is 6.55. The van der Waals surface area contributed by atoms with Gasteiger partial charge in [-0.25, -0.2) is 4.99 Å². The fraction of sp³-hybridized carbons (Fsp3) is 0.379. The number of nitrogens with zero attached hydrogens (tertiary/aromatic N) is 3. The Morgan fingerprint density at radius 2 is 1.88 bits per heavy atom. The number of primary amides is 1. The van der Waals surface area contributed by atoms with Gasteiger partial charge in [-0.2, -0.15) is 0 Å². The maximum atomic E-state index is 14.1. The van der Waals surface area contributed by atoms with Crippen LogP contribution < -0.4 is 21.7 Å². The Labute approximate surface area is 246 Å². The Kier molecular flexibility index (Phi) is 7.22. The molecule has 1 saturated carbocycles. The van der Waals surface area contributed by atoms with Crippen LogP contribution in [0.5, 0.6) is 5.75 Å². The van der Waals surface area contributed by atoms with Crippen molar-refractivity contribution in [3.8, 4) is 5.75 Å². The number of furan rings is 1. The van der Waals surface area contributed by atoms with Gasteiger partial charge < -0.3 is 41.2 Å². The van der Waals surface area contributed by atoms with Gasteiger partial charge >= 0.3 is 0 Å². The zero-order valence-electron chi connectivity index (χ0n) is 24.1. The SMILES string of the molecule is CN(C)c1cc(CN=C(N)Nc2ccco2)c(O)c2c1CC1CC3[C@H](N(C)C)C(=O)C(C(N)=O)=C(O)[C@@]3(O)C(=O)C1=C2O. The molecule has 5 rings (SSSR count). The predicted octanol–water partition coefficient (Wildman–Crippen LogP) is 0.550. The van der Waals surface area contributed by atoms with Crippen LogP contribution in [-0.2, 0) is 27.3 Å². The first-order valence-corrected chi connectivity index (χ1v) is 13.5. The van der Waals surface area contributed by atoms with E-state index in [2.05, 4.69) is 10.3 Å². The number of anilines is 2. The van der Waals surface area contributed by atoms with E-state index in [0.29, 0.717) is 17.1 Å². The number of nitrogens with two attached hydrogens (primary N) is 2. The molecule has 0 aliphatic heterocycles. The first-order valence-electron chi connectivity index (χ1n) is 13.5. The molecule has 2 aromatic rings. The molecule has 1 aromatic heterocycles. The first kappa shape index (κ1) is 29.7. The molecule has 228 valence electrons. The number of phenolic OH excluding ortho intramolecular Hbond substituents is 1. The number of fused-ring (bicyclic) bond motifs is 3. The number of amides is 1. The number of likely N-dealkylation sites (N-methyl/N-ethyl adjacent to an activating group) is 1. The number of rotatable bonds is 6. The molecule has 1 aromatic carbocycles. The number of guanidine groups is 1. The van der Waals surface area contributed by atoms with E-state index >= 15 is 0 Å². The fourth-order valence-corrected chi connectivity index (χ4v) is 6.55. The summed E-state index contributed by atoms with van der Waals surface area (Å²) >= 11 is 0. The highest BCUT2D eigenvalue weighted by Crippen LogP contribution is 2.54. The largest absolute Gasteiger partial charge is 0.508 e. The molecule has 3 aliphatic carbocycles. The van der Waals surface area contributed by atoms with Crippen molar-refractivity contribution in [1.82, 2.24) is 4.90 Å². The van der Waals surface area contributed by atoms with Crippen LogP contribution in [0.1, 0.15) is 23.1 Å². The van der Waals surface area contributed by atoms with Gasteiger partial charge in [-0.1, -0.05) is 0 Å². The third-order valence-electron chi connectivity index (χ3n) is 8.45. The second kappa shape index (κ2) is 10.5. The summed E-state index contributed by atoms with van der Waals surface area (Å²) in [6.45, 7) is -0.108. The molecular formula is C29H34N6O8. The second-order valence-electron chi connectivity index (χ2n) is 11.4. The molecular weight excluding hydrogens is 560 g/mol. The van der Waals surface area contributed by atoms with Crippen molar-refractivity contribution in [2.24, 2.45) is 28.3 Å². The van der Waals surface area contributed by atoms with Gasteiger partial charge in [0.15, 0.2) is 23.2 Å². The van der Waals surface area contributed by atoms with Gasteiger partial charge in [-0.3, -0.25) is 24.6 Å². The lowest BCUT2D eigenvalue weighted by molar-refractivity contribution is -0.153. The molecule has 4 atom stereocenters. The number of nitrogens with one attached hydrogen (secondary N) is 1. The van der Waals surface area contributed by atoms with Crippen molar-refractivity contribution in [2.75, 3.05) is 38.4 Å². The van der Waals surface area contributed by atoms with Gasteiger partial charge in [0.1, 0.15) is 22.8 Å². The maximum absolute atomic E-state index is 14.1. The number of hydrogen-bond donors (Lipinski definition) is 7. The highest BCUT2D eigenvalue weighted by molar-refractivity contribution is 6.24. The summed E-state index contributed by atoms with van der Waals surface area (Å²) < 4.78 is 5.19. The quantitative estimate of drug-likeness (QED) is 0.138. The minimum Gasteiger partial charge on any atom is -0.508 e. The van der Waals surface area contributed by atoms with Gasteiger partial charge in [0, 0.05) is 42.9 Å². The van der Waals surface area contributed by atoms with E-state index in [1.54, 1.807) is 51.3 Å². The Morgan fingerprint density at radius 3 is 2.47 bits per heavy atom. The number of carbonyl (C=O) groups excluding carboxylic acids is 3. The highest BCUT2D eigenvalue weighted by atomic mass is 16.4. The molecule has 14 nitrogen and oxygen atoms in total. The van der Waals surface area contributed by atoms with Crippen LogP contribution in [0.25, 0.3) is 5.76 Å². The summed E-state index contributed by atoms with van der Waals surface area (Å²) in [4.78, 5) is 47.0. The number of ketones is 2. The number of Topliss-reactive ketones (excluding diaryl/α,β-unsaturated/α-hetero) is 2. The van der Waals surface area contributed by atoms with Crippen molar-refractivity contribution in [3.63, 3.8) is 0 Å². The Balaban J connectivity index is 1.64. The van der Waals surface area contributed by atoms with Crippen molar-refractivity contribution >= 4 is 40.8 Å². The van der Waals surface area contributed by atoms with Crippen molar-refractivity contribution < 1.29 is 39.2 Å². The third-order valence-corrected chi connectivity index (χ3v) is 8.45. The molecule has 43 heavy (non-hydrogen) atoms. The van der Waals surface area contributed by atoms with E-state index in [1.165, 1.54) is 11.2 Å². The number of phenols is 1. The number of hydrogen-bond acceptors (Lipinski definition) is 11. The number of aliphatic hydroxyl groups is 3. The van der Waals surface area contributed by atoms with Crippen LogP contribution in [0.2, 0.25) is 0 Å². The van der Waals surface area contributed by atoms with Crippen LogP contribution in [0.3, 0.4) is 0 Å². The average Bonchev–Trinajstić information content (AvgIpc) is 3.42. The minimum atomic E-state index is -2.71. The lowest BCUT2D eigenvalue weighted by Gasteiger charge is -2.50. The summed E-state index contributed by atoms with van der Waals surface area (Å²) in [6.07, 6.45) is 1.63. The van der Waals surface area contributed by atoms with E-state index in [9.17, 15) is 34.8 Å². The molecule has 1 heterocycles. The minimum absolute atomic E-state index is 0.000416. The monoisotopic (exact) mass is 594 g/mol. The molecule has 1 amide bonds. The van der Waals surface area contributed by atoms with Gasteiger partial charge in [0.2, 0.25) is 5.78 Å². The summed E-state index contributed by atoms with van der Waals surface area (Å²) in [6, 6.07) is 3.86. The van der Waals surface area contributed by atoms with E-state index in [1.807, 2.05) is 0 Å². The molecule has 0 radical (unpaired) electrons. The molecule has 9 N–H and O–H groups in total. The van der Waals surface area contributed by atoms with Crippen molar-refractivity contribution in [1.29, 1.82) is 0 Å².